The third kappa shape index (κ3) is 5.58. The molecule has 0 heterocycles. The summed E-state index contributed by atoms with van der Waals surface area (Å²) < 4.78 is 76.4. The Balaban J connectivity index is 4.45. The van der Waals surface area contributed by atoms with Gasteiger partial charge in [-0.2, -0.15) is 26.3 Å². The first-order valence-corrected chi connectivity index (χ1v) is 4.88. The van der Waals surface area contributed by atoms with E-state index in [4.69, 9.17) is 0 Å². The van der Waals surface area contributed by atoms with Crippen LogP contribution in [0.2, 0.25) is 0 Å². The first-order valence-electron chi connectivity index (χ1n) is 4.88. The minimum atomic E-state index is -5.42. The third-order valence-corrected chi connectivity index (χ3v) is 1.93. The van der Waals surface area contributed by atoms with Gasteiger partial charge in [-0.05, 0) is 13.3 Å². The van der Waals surface area contributed by atoms with E-state index in [1.165, 1.54) is 6.92 Å². The summed E-state index contributed by atoms with van der Waals surface area (Å²) >= 11 is 0. The first-order chi connectivity index (χ1) is 7.09. The number of rotatable bonds is 5. The molecule has 0 radical (unpaired) electrons. The molecule has 0 aliphatic carbocycles. The number of unbranched alkanes of at least 4 members (excludes halogenated alkanes) is 1. The van der Waals surface area contributed by atoms with Gasteiger partial charge in [-0.15, -0.1) is 0 Å². The van der Waals surface area contributed by atoms with E-state index in [2.05, 4.69) is 4.74 Å². The molecular formula is C9H14F6O. The maximum Gasteiger partial charge on any atom is 0.423 e. The molecule has 0 fully saturated rings. The van der Waals surface area contributed by atoms with Gasteiger partial charge in [0.05, 0.1) is 6.10 Å². The van der Waals surface area contributed by atoms with Crippen molar-refractivity contribution in [1.82, 2.24) is 0 Å². The van der Waals surface area contributed by atoms with Gasteiger partial charge < -0.3 is 4.74 Å². The van der Waals surface area contributed by atoms with Crippen molar-refractivity contribution in [2.75, 3.05) is 0 Å². The molecule has 0 spiro atoms. The van der Waals surface area contributed by atoms with Gasteiger partial charge in [0.15, 0.2) is 0 Å². The monoisotopic (exact) mass is 252 g/mol. The molecule has 7 heteroatoms. The van der Waals surface area contributed by atoms with Crippen molar-refractivity contribution in [2.24, 2.45) is 0 Å². The predicted octanol–water partition coefficient (Wildman–Crippen LogP) is 4.07. The fourth-order valence-electron chi connectivity index (χ4n) is 1.13. The van der Waals surface area contributed by atoms with Gasteiger partial charge in [0.2, 0.25) is 6.10 Å². The molecule has 0 saturated heterocycles. The molecule has 0 saturated carbocycles. The molecule has 1 atom stereocenters. The van der Waals surface area contributed by atoms with Crippen LogP contribution in [0.1, 0.15) is 33.1 Å². The van der Waals surface area contributed by atoms with Gasteiger partial charge >= 0.3 is 12.4 Å². The number of hydrogen-bond acceptors (Lipinski definition) is 1. The maximum absolute atomic E-state index is 12.1. The van der Waals surface area contributed by atoms with Crippen LogP contribution >= 0.6 is 0 Å². The SMILES string of the molecule is CCCCC(C)OC(C(F)(F)F)C(F)(F)F. The van der Waals surface area contributed by atoms with E-state index in [0.717, 1.165) is 0 Å². The summed E-state index contributed by atoms with van der Waals surface area (Å²) in [4.78, 5) is 0. The molecule has 0 aromatic carbocycles. The molecule has 0 amide bonds. The molecule has 98 valence electrons. The van der Waals surface area contributed by atoms with E-state index >= 15 is 0 Å². The summed E-state index contributed by atoms with van der Waals surface area (Å²) in [7, 11) is 0. The zero-order chi connectivity index (χ0) is 13.0. The standard InChI is InChI=1S/C9H14F6O/c1-3-4-5-6(2)16-7(8(10,11)12)9(13,14)15/h6-7H,3-5H2,1-2H3. The number of halogens is 6. The Labute approximate surface area is 89.8 Å². The fraction of sp³-hybridized carbons (Fsp3) is 1.00. The van der Waals surface area contributed by atoms with Crippen molar-refractivity contribution in [1.29, 1.82) is 0 Å². The van der Waals surface area contributed by atoms with Crippen molar-refractivity contribution in [3.05, 3.63) is 0 Å². The Morgan fingerprint density at radius 2 is 1.44 bits per heavy atom. The summed E-state index contributed by atoms with van der Waals surface area (Å²) in [6, 6.07) is 0. The van der Waals surface area contributed by atoms with Crippen LogP contribution in [0.25, 0.3) is 0 Å². The highest BCUT2D eigenvalue weighted by Crippen LogP contribution is 2.36. The van der Waals surface area contributed by atoms with Gasteiger partial charge in [-0.25, -0.2) is 0 Å². The van der Waals surface area contributed by atoms with E-state index < -0.39 is 24.6 Å². The normalized spacial score (nSPS) is 15.6. The van der Waals surface area contributed by atoms with Crippen LogP contribution in [-0.4, -0.2) is 24.6 Å². The van der Waals surface area contributed by atoms with Gasteiger partial charge in [-0.1, -0.05) is 19.8 Å². The van der Waals surface area contributed by atoms with Crippen LogP contribution in [0.4, 0.5) is 26.3 Å². The van der Waals surface area contributed by atoms with Gasteiger partial charge in [-0.3, -0.25) is 0 Å². The Bertz CT molecular complexity index is 183. The minimum Gasteiger partial charge on any atom is -0.358 e. The second-order valence-electron chi connectivity index (χ2n) is 3.55. The lowest BCUT2D eigenvalue weighted by atomic mass is 10.2. The highest BCUT2D eigenvalue weighted by atomic mass is 19.4. The lowest BCUT2D eigenvalue weighted by molar-refractivity contribution is -0.330. The first kappa shape index (κ1) is 15.5. The number of ether oxygens (including phenoxy) is 1. The van der Waals surface area contributed by atoms with E-state index in [0.29, 0.717) is 12.8 Å². The molecule has 1 nitrogen and oxygen atoms in total. The minimum absolute atomic E-state index is 0.180. The average Bonchev–Trinajstić information content (AvgIpc) is 2.07. The van der Waals surface area contributed by atoms with Crippen LogP contribution in [0.15, 0.2) is 0 Å². The van der Waals surface area contributed by atoms with Crippen molar-refractivity contribution >= 4 is 0 Å². The Kier molecular flexibility index (Phi) is 5.58. The van der Waals surface area contributed by atoms with Crippen LogP contribution in [0.3, 0.4) is 0 Å². The quantitative estimate of drug-likeness (QED) is 0.670. The van der Waals surface area contributed by atoms with Gasteiger partial charge in [0.25, 0.3) is 0 Å². The lowest BCUT2D eigenvalue weighted by Gasteiger charge is -2.26. The summed E-state index contributed by atoms with van der Waals surface area (Å²) in [6.07, 6.45) is -14.2. The molecule has 0 bridgehead atoms. The van der Waals surface area contributed by atoms with Crippen LogP contribution < -0.4 is 0 Å². The Morgan fingerprint density at radius 1 is 1.00 bits per heavy atom. The molecule has 16 heavy (non-hydrogen) atoms. The van der Waals surface area contributed by atoms with Gasteiger partial charge in [0, 0.05) is 0 Å². The van der Waals surface area contributed by atoms with E-state index in [-0.39, 0.29) is 6.42 Å². The number of alkyl halides is 6. The predicted molar refractivity (Wildman–Crippen MR) is 46.0 cm³/mol. The Morgan fingerprint density at radius 3 is 1.75 bits per heavy atom. The summed E-state index contributed by atoms with van der Waals surface area (Å²) in [5.74, 6) is 0. The van der Waals surface area contributed by atoms with Crippen LogP contribution in [0, 0.1) is 0 Å². The molecule has 0 rings (SSSR count). The summed E-state index contributed by atoms with van der Waals surface area (Å²) in [5, 5.41) is 0. The van der Waals surface area contributed by atoms with Crippen LogP contribution in [0.5, 0.6) is 0 Å². The van der Waals surface area contributed by atoms with E-state index in [1.54, 1.807) is 6.92 Å². The molecule has 1 unspecified atom stereocenters. The summed E-state index contributed by atoms with van der Waals surface area (Å²) in [5.41, 5.74) is 0. The van der Waals surface area contributed by atoms with Crippen molar-refractivity contribution < 1.29 is 31.1 Å². The van der Waals surface area contributed by atoms with Crippen molar-refractivity contribution in [3.8, 4) is 0 Å². The molecule has 0 aromatic heterocycles. The molecule has 0 aliphatic heterocycles. The Hall–Kier alpha value is -0.460. The maximum atomic E-state index is 12.1. The molecule has 0 aliphatic rings. The van der Waals surface area contributed by atoms with Crippen LogP contribution in [-0.2, 0) is 4.74 Å². The zero-order valence-corrected chi connectivity index (χ0v) is 8.95. The second kappa shape index (κ2) is 5.75. The molecular weight excluding hydrogens is 238 g/mol. The molecule has 0 N–H and O–H groups in total. The smallest absolute Gasteiger partial charge is 0.358 e. The zero-order valence-electron chi connectivity index (χ0n) is 8.95. The fourth-order valence-corrected chi connectivity index (χ4v) is 1.13. The van der Waals surface area contributed by atoms with E-state index in [9.17, 15) is 26.3 Å². The van der Waals surface area contributed by atoms with Gasteiger partial charge in [0.1, 0.15) is 0 Å². The third-order valence-electron chi connectivity index (χ3n) is 1.93. The molecule has 0 aromatic rings. The topological polar surface area (TPSA) is 9.23 Å². The average molecular weight is 252 g/mol. The number of hydrogen-bond donors (Lipinski definition) is 0. The lowest BCUT2D eigenvalue weighted by Crippen LogP contribution is -2.46. The second-order valence-corrected chi connectivity index (χ2v) is 3.55. The van der Waals surface area contributed by atoms with Crippen molar-refractivity contribution in [2.45, 2.75) is 57.7 Å². The summed E-state index contributed by atoms with van der Waals surface area (Å²) in [6.45, 7) is 3.00. The van der Waals surface area contributed by atoms with Crippen molar-refractivity contribution in [3.63, 3.8) is 0 Å². The highest BCUT2D eigenvalue weighted by Gasteiger charge is 2.58. The largest absolute Gasteiger partial charge is 0.423 e. The highest BCUT2D eigenvalue weighted by molar-refractivity contribution is 4.77. The van der Waals surface area contributed by atoms with E-state index in [1.807, 2.05) is 0 Å².